The molecule has 2 aromatic heterocycles. The third kappa shape index (κ3) is 3.48. The lowest BCUT2D eigenvalue weighted by Crippen LogP contribution is -2.33. The van der Waals surface area contributed by atoms with Crippen LogP contribution in [0, 0.1) is 0 Å². The number of rotatable bonds is 6. The van der Waals surface area contributed by atoms with Gasteiger partial charge in [0.25, 0.3) is 5.91 Å². The van der Waals surface area contributed by atoms with E-state index in [0.717, 1.165) is 41.0 Å². The molecule has 4 rings (SSSR count). The topological polar surface area (TPSA) is 52.5 Å². The quantitative estimate of drug-likeness (QED) is 0.720. The van der Waals surface area contributed by atoms with Gasteiger partial charge in [0.15, 0.2) is 0 Å². The molecule has 136 valence electrons. The monoisotopic (exact) mass is 370 g/mol. The van der Waals surface area contributed by atoms with Gasteiger partial charge in [-0.05, 0) is 48.1 Å². The number of hydrogen-bond acceptors (Lipinski definition) is 4. The van der Waals surface area contributed by atoms with Gasteiger partial charge < -0.3 is 19.4 Å². The minimum Gasteiger partial charge on any atom is -0.497 e. The van der Waals surface area contributed by atoms with Crippen molar-refractivity contribution >= 4 is 27.5 Å². The number of methoxy groups -OCH3 is 1. The predicted molar refractivity (Wildman–Crippen MR) is 103 cm³/mol. The van der Waals surface area contributed by atoms with Crippen molar-refractivity contribution in [3.05, 3.63) is 53.0 Å². The summed E-state index contributed by atoms with van der Waals surface area (Å²) in [6.45, 7) is 1.99. The van der Waals surface area contributed by atoms with E-state index in [4.69, 9.17) is 9.47 Å². The summed E-state index contributed by atoms with van der Waals surface area (Å²) in [5.41, 5.74) is 2.87. The lowest BCUT2D eigenvalue weighted by Gasteiger charge is -2.14. The Balaban J connectivity index is 1.59. The summed E-state index contributed by atoms with van der Waals surface area (Å²) < 4.78 is 14.1. The number of aromatic nitrogens is 1. The number of nitrogens with zero attached hydrogens (tertiary/aromatic N) is 1. The zero-order valence-electron chi connectivity index (χ0n) is 14.7. The van der Waals surface area contributed by atoms with Crippen molar-refractivity contribution in [3.63, 3.8) is 0 Å². The van der Waals surface area contributed by atoms with Crippen LogP contribution < -0.4 is 10.1 Å². The van der Waals surface area contributed by atoms with Crippen LogP contribution in [0.3, 0.4) is 0 Å². The lowest BCUT2D eigenvalue weighted by atomic mass is 10.2. The Morgan fingerprint density at radius 3 is 3.12 bits per heavy atom. The molecule has 0 aliphatic carbocycles. The zero-order chi connectivity index (χ0) is 17.9. The third-order valence-electron chi connectivity index (χ3n) is 4.74. The second-order valence-corrected chi connectivity index (χ2v) is 7.43. The summed E-state index contributed by atoms with van der Waals surface area (Å²) in [5, 5.41) is 5.09. The first-order chi connectivity index (χ1) is 12.7. The van der Waals surface area contributed by atoms with Crippen LogP contribution in [0.15, 0.2) is 41.8 Å². The van der Waals surface area contributed by atoms with Crippen LogP contribution in [-0.2, 0) is 11.3 Å². The van der Waals surface area contributed by atoms with Crippen molar-refractivity contribution < 1.29 is 14.3 Å². The van der Waals surface area contributed by atoms with Crippen LogP contribution in [0.1, 0.15) is 28.9 Å². The van der Waals surface area contributed by atoms with Gasteiger partial charge in [-0.2, -0.15) is 0 Å². The Hall–Kier alpha value is -2.31. The second kappa shape index (κ2) is 7.51. The molecule has 3 aromatic rings. The molecule has 1 aliphatic heterocycles. The van der Waals surface area contributed by atoms with Gasteiger partial charge in [-0.15, -0.1) is 11.3 Å². The van der Waals surface area contributed by atoms with Gasteiger partial charge in [0.05, 0.1) is 23.4 Å². The number of carbonyl (C=O) groups is 1. The Labute approximate surface area is 156 Å². The summed E-state index contributed by atoms with van der Waals surface area (Å²) in [6.07, 6.45) is 2.23. The van der Waals surface area contributed by atoms with Crippen molar-refractivity contribution in [1.82, 2.24) is 9.88 Å². The molecule has 0 spiro atoms. The highest BCUT2D eigenvalue weighted by Gasteiger charge is 2.20. The minimum atomic E-state index is -0.0493. The molecule has 0 unspecified atom stereocenters. The summed E-state index contributed by atoms with van der Waals surface area (Å²) in [6, 6.07) is 12.0. The smallest absolute Gasteiger partial charge is 0.268 e. The zero-order valence-corrected chi connectivity index (χ0v) is 15.6. The summed E-state index contributed by atoms with van der Waals surface area (Å²) in [7, 11) is 1.66. The molecule has 26 heavy (non-hydrogen) atoms. The van der Waals surface area contributed by atoms with Gasteiger partial charge in [-0.3, -0.25) is 4.79 Å². The Morgan fingerprint density at radius 2 is 2.31 bits per heavy atom. The van der Waals surface area contributed by atoms with E-state index in [1.54, 1.807) is 18.4 Å². The van der Waals surface area contributed by atoms with E-state index in [9.17, 15) is 4.79 Å². The summed E-state index contributed by atoms with van der Waals surface area (Å²) >= 11 is 1.65. The molecule has 3 heterocycles. The Morgan fingerprint density at radius 1 is 1.38 bits per heavy atom. The fraction of sp³-hybridized carbons (Fsp3) is 0.350. The Kier molecular flexibility index (Phi) is 4.95. The average Bonchev–Trinajstić information content (AvgIpc) is 3.39. The molecule has 1 fully saturated rings. The van der Waals surface area contributed by atoms with Gasteiger partial charge in [-0.25, -0.2) is 0 Å². The molecule has 1 saturated heterocycles. The SMILES string of the molecule is COc1cccc(Cn2c(C(=O)NC[C@@H]3CCCO3)cc3sccc32)c1. The molecule has 1 N–H and O–H groups in total. The van der Waals surface area contributed by atoms with Crippen molar-refractivity contribution in [2.24, 2.45) is 0 Å². The lowest BCUT2D eigenvalue weighted by molar-refractivity contribution is 0.0851. The molecule has 0 radical (unpaired) electrons. The van der Waals surface area contributed by atoms with Crippen LogP contribution in [0.25, 0.3) is 10.2 Å². The maximum absolute atomic E-state index is 12.8. The molecular formula is C20H22N2O3S. The van der Waals surface area contributed by atoms with Crippen molar-refractivity contribution in [2.75, 3.05) is 20.3 Å². The highest BCUT2D eigenvalue weighted by molar-refractivity contribution is 7.17. The number of fused-ring (bicyclic) bond motifs is 1. The number of nitrogens with one attached hydrogen (secondary N) is 1. The predicted octanol–water partition coefficient (Wildman–Crippen LogP) is 3.67. The number of benzene rings is 1. The number of thiophene rings is 1. The van der Waals surface area contributed by atoms with E-state index in [0.29, 0.717) is 18.8 Å². The van der Waals surface area contributed by atoms with Gasteiger partial charge in [0.1, 0.15) is 11.4 Å². The third-order valence-corrected chi connectivity index (χ3v) is 5.60. The minimum absolute atomic E-state index is 0.0493. The first-order valence-corrected chi connectivity index (χ1v) is 9.72. The molecule has 6 heteroatoms. The molecule has 1 aromatic carbocycles. The molecule has 5 nitrogen and oxygen atoms in total. The van der Waals surface area contributed by atoms with Gasteiger partial charge in [0.2, 0.25) is 0 Å². The fourth-order valence-corrected chi connectivity index (χ4v) is 4.21. The standard InChI is InChI=1S/C20H22N2O3S/c1-24-15-5-2-4-14(10-15)13-22-17-7-9-26-19(17)11-18(22)20(23)21-12-16-6-3-8-25-16/h2,4-5,7,9-11,16H,3,6,8,12-13H2,1H3,(H,21,23)/t16-/m0/s1. The molecule has 1 amide bonds. The number of amides is 1. The van der Waals surface area contributed by atoms with Crippen molar-refractivity contribution in [1.29, 1.82) is 0 Å². The van der Waals surface area contributed by atoms with E-state index in [2.05, 4.69) is 27.4 Å². The molecule has 0 bridgehead atoms. The summed E-state index contributed by atoms with van der Waals surface area (Å²) in [4.78, 5) is 12.8. The molecule has 1 aliphatic rings. The van der Waals surface area contributed by atoms with E-state index in [1.807, 2.05) is 24.3 Å². The van der Waals surface area contributed by atoms with Gasteiger partial charge in [0, 0.05) is 19.7 Å². The normalized spacial score (nSPS) is 16.9. The van der Waals surface area contributed by atoms with Gasteiger partial charge >= 0.3 is 0 Å². The number of ether oxygens (including phenoxy) is 2. The van der Waals surface area contributed by atoms with E-state index < -0.39 is 0 Å². The van der Waals surface area contributed by atoms with Crippen LogP contribution in [0.5, 0.6) is 5.75 Å². The number of hydrogen-bond donors (Lipinski definition) is 1. The van der Waals surface area contributed by atoms with Crippen LogP contribution >= 0.6 is 11.3 Å². The molecular weight excluding hydrogens is 348 g/mol. The van der Waals surface area contributed by atoms with Crippen LogP contribution in [0.4, 0.5) is 0 Å². The first kappa shape index (κ1) is 17.1. The van der Waals surface area contributed by atoms with E-state index in [1.165, 1.54) is 0 Å². The fourth-order valence-electron chi connectivity index (χ4n) is 3.39. The average molecular weight is 370 g/mol. The van der Waals surface area contributed by atoms with Crippen LogP contribution in [0.2, 0.25) is 0 Å². The van der Waals surface area contributed by atoms with Crippen molar-refractivity contribution in [2.45, 2.75) is 25.5 Å². The molecule has 0 saturated carbocycles. The van der Waals surface area contributed by atoms with Crippen molar-refractivity contribution in [3.8, 4) is 5.75 Å². The first-order valence-electron chi connectivity index (χ1n) is 8.84. The molecule has 1 atom stereocenters. The highest BCUT2D eigenvalue weighted by atomic mass is 32.1. The highest BCUT2D eigenvalue weighted by Crippen LogP contribution is 2.27. The Bertz CT molecular complexity index is 909. The summed E-state index contributed by atoms with van der Waals surface area (Å²) in [5.74, 6) is 0.771. The maximum atomic E-state index is 12.8. The maximum Gasteiger partial charge on any atom is 0.268 e. The second-order valence-electron chi connectivity index (χ2n) is 6.48. The largest absolute Gasteiger partial charge is 0.497 e. The number of carbonyl (C=O) groups excluding carboxylic acids is 1. The van der Waals surface area contributed by atoms with E-state index in [-0.39, 0.29) is 12.0 Å². The van der Waals surface area contributed by atoms with E-state index >= 15 is 0 Å². The van der Waals surface area contributed by atoms with Gasteiger partial charge in [-0.1, -0.05) is 12.1 Å². The van der Waals surface area contributed by atoms with Crippen LogP contribution in [-0.4, -0.2) is 36.8 Å².